The first-order valence-corrected chi connectivity index (χ1v) is 4.93. The van der Waals surface area contributed by atoms with Crippen molar-refractivity contribution in [2.45, 2.75) is 19.4 Å². The molecule has 1 aromatic rings. The standard InChI is InChI=1S/C11H15NO3.ClH/c1-7(12)5-8-3-4-9(13-2)11-10(8)14-6-15-11;/h3-4,7H,5-6,12H2,1-2H3;1H. The smallest absolute Gasteiger partial charge is 0.231 e. The second-order valence-corrected chi connectivity index (χ2v) is 3.67. The van der Waals surface area contributed by atoms with Crippen molar-refractivity contribution in [2.75, 3.05) is 13.9 Å². The van der Waals surface area contributed by atoms with Gasteiger partial charge in [0.2, 0.25) is 12.5 Å². The van der Waals surface area contributed by atoms with Crippen molar-refractivity contribution in [1.29, 1.82) is 0 Å². The van der Waals surface area contributed by atoms with Gasteiger partial charge in [0.25, 0.3) is 0 Å². The van der Waals surface area contributed by atoms with E-state index in [1.165, 1.54) is 0 Å². The molecule has 0 spiro atoms. The Bertz CT molecular complexity index is 368. The van der Waals surface area contributed by atoms with E-state index >= 15 is 0 Å². The fourth-order valence-electron chi connectivity index (χ4n) is 1.70. The van der Waals surface area contributed by atoms with Gasteiger partial charge in [0, 0.05) is 6.04 Å². The summed E-state index contributed by atoms with van der Waals surface area (Å²) in [5.74, 6) is 2.17. The first-order chi connectivity index (χ1) is 7.22. The summed E-state index contributed by atoms with van der Waals surface area (Å²) in [5, 5.41) is 0. The summed E-state index contributed by atoms with van der Waals surface area (Å²) in [7, 11) is 1.61. The van der Waals surface area contributed by atoms with Gasteiger partial charge >= 0.3 is 0 Å². The van der Waals surface area contributed by atoms with Crippen molar-refractivity contribution in [2.24, 2.45) is 5.73 Å². The SMILES string of the molecule is COc1ccc(CC(C)N)c2c1OCO2.Cl. The zero-order valence-corrected chi connectivity index (χ0v) is 10.2. The zero-order valence-electron chi connectivity index (χ0n) is 9.36. The molecule has 1 aliphatic heterocycles. The van der Waals surface area contributed by atoms with Crippen LogP contribution in [0.3, 0.4) is 0 Å². The van der Waals surface area contributed by atoms with Crippen molar-refractivity contribution < 1.29 is 14.2 Å². The fourth-order valence-corrected chi connectivity index (χ4v) is 1.70. The number of fused-ring (bicyclic) bond motifs is 1. The summed E-state index contributed by atoms with van der Waals surface area (Å²) in [4.78, 5) is 0. The third-order valence-corrected chi connectivity index (χ3v) is 2.33. The number of benzene rings is 1. The van der Waals surface area contributed by atoms with Crippen LogP contribution in [0.15, 0.2) is 12.1 Å². The van der Waals surface area contributed by atoms with Crippen LogP contribution in [0.5, 0.6) is 17.2 Å². The molecule has 0 fully saturated rings. The number of hydrogen-bond acceptors (Lipinski definition) is 4. The van der Waals surface area contributed by atoms with Gasteiger partial charge in [-0.05, 0) is 25.0 Å². The minimum Gasteiger partial charge on any atom is -0.493 e. The lowest BCUT2D eigenvalue weighted by atomic mass is 10.1. The maximum atomic E-state index is 5.76. The van der Waals surface area contributed by atoms with Crippen molar-refractivity contribution in [3.63, 3.8) is 0 Å². The van der Waals surface area contributed by atoms with Gasteiger partial charge < -0.3 is 19.9 Å². The Morgan fingerprint density at radius 2 is 2.06 bits per heavy atom. The molecule has 90 valence electrons. The van der Waals surface area contributed by atoms with E-state index in [1.807, 2.05) is 19.1 Å². The fraction of sp³-hybridized carbons (Fsp3) is 0.455. The van der Waals surface area contributed by atoms with Gasteiger partial charge in [0.05, 0.1) is 7.11 Å². The van der Waals surface area contributed by atoms with E-state index in [9.17, 15) is 0 Å². The molecule has 0 aliphatic carbocycles. The number of nitrogens with two attached hydrogens (primary N) is 1. The van der Waals surface area contributed by atoms with Crippen LogP contribution in [0.1, 0.15) is 12.5 Å². The highest BCUT2D eigenvalue weighted by Crippen LogP contribution is 2.43. The van der Waals surface area contributed by atoms with Gasteiger partial charge in [-0.15, -0.1) is 12.4 Å². The maximum absolute atomic E-state index is 5.76. The van der Waals surface area contributed by atoms with E-state index in [4.69, 9.17) is 19.9 Å². The molecule has 5 heteroatoms. The molecule has 1 atom stereocenters. The minimum absolute atomic E-state index is 0. The Morgan fingerprint density at radius 3 is 2.69 bits per heavy atom. The quantitative estimate of drug-likeness (QED) is 0.881. The van der Waals surface area contributed by atoms with Crippen LogP contribution in [-0.4, -0.2) is 19.9 Å². The van der Waals surface area contributed by atoms with Gasteiger partial charge in [0.1, 0.15) is 0 Å². The molecule has 16 heavy (non-hydrogen) atoms. The van der Waals surface area contributed by atoms with Crippen LogP contribution in [0, 0.1) is 0 Å². The van der Waals surface area contributed by atoms with Crippen LogP contribution in [0.2, 0.25) is 0 Å². The van der Waals surface area contributed by atoms with Gasteiger partial charge in [-0.1, -0.05) is 6.07 Å². The van der Waals surface area contributed by atoms with Crippen LogP contribution >= 0.6 is 12.4 Å². The van der Waals surface area contributed by atoms with Crippen molar-refractivity contribution in [1.82, 2.24) is 0 Å². The Morgan fingerprint density at radius 1 is 1.38 bits per heavy atom. The number of halogens is 1. The highest BCUT2D eigenvalue weighted by molar-refractivity contribution is 5.85. The summed E-state index contributed by atoms with van der Waals surface area (Å²) in [6.45, 7) is 2.22. The zero-order chi connectivity index (χ0) is 10.8. The minimum atomic E-state index is 0. The number of methoxy groups -OCH3 is 1. The van der Waals surface area contributed by atoms with E-state index in [0.717, 1.165) is 17.7 Å². The summed E-state index contributed by atoms with van der Waals surface area (Å²) in [6, 6.07) is 3.95. The number of hydrogen-bond donors (Lipinski definition) is 1. The van der Waals surface area contributed by atoms with Crippen LogP contribution in [0.4, 0.5) is 0 Å². The van der Waals surface area contributed by atoms with E-state index < -0.39 is 0 Å². The average molecular weight is 246 g/mol. The van der Waals surface area contributed by atoms with Crippen molar-refractivity contribution in [3.05, 3.63) is 17.7 Å². The normalized spacial score (nSPS) is 14.2. The Kier molecular flexibility index (Phi) is 4.26. The Hall–Kier alpha value is -1.13. The predicted octanol–water partition coefficient (Wildman–Crippen LogP) is 1.74. The van der Waals surface area contributed by atoms with E-state index in [1.54, 1.807) is 7.11 Å². The molecule has 0 radical (unpaired) electrons. The third kappa shape index (κ3) is 2.33. The van der Waals surface area contributed by atoms with Crippen LogP contribution in [0.25, 0.3) is 0 Å². The van der Waals surface area contributed by atoms with Gasteiger partial charge in [0.15, 0.2) is 11.5 Å². The number of rotatable bonds is 3. The lowest BCUT2D eigenvalue weighted by Crippen LogP contribution is -2.18. The first kappa shape index (κ1) is 12.9. The van der Waals surface area contributed by atoms with Gasteiger partial charge in [-0.3, -0.25) is 0 Å². The van der Waals surface area contributed by atoms with Crippen molar-refractivity contribution >= 4 is 12.4 Å². The molecule has 1 heterocycles. The Labute approximate surface area is 101 Å². The van der Waals surface area contributed by atoms with Gasteiger partial charge in [-0.2, -0.15) is 0 Å². The molecule has 0 saturated heterocycles. The molecule has 1 aliphatic rings. The highest BCUT2D eigenvalue weighted by atomic mass is 35.5. The summed E-state index contributed by atoms with van der Waals surface area (Å²) >= 11 is 0. The lowest BCUT2D eigenvalue weighted by Gasteiger charge is -2.10. The molecular formula is C11H16ClNO3. The second kappa shape index (κ2) is 5.27. The highest BCUT2D eigenvalue weighted by Gasteiger charge is 2.22. The molecule has 2 N–H and O–H groups in total. The molecule has 0 bridgehead atoms. The Balaban J connectivity index is 0.00000128. The van der Waals surface area contributed by atoms with Gasteiger partial charge in [-0.25, -0.2) is 0 Å². The van der Waals surface area contributed by atoms with E-state index in [2.05, 4.69) is 0 Å². The monoisotopic (exact) mass is 245 g/mol. The summed E-state index contributed by atoms with van der Waals surface area (Å²) < 4.78 is 16.0. The molecule has 1 aromatic carbocycles. The lowest BCUT2D eigenvalue weighted by molar-refractivity contribution is 0.170. The molecule has 0 aromatic heterocycles. The van der Waals surface area contributed by atoms with Crippen LogP contribution in [-0.2, 0) is 6.42 Å². The summed E-state index contributed by atoms with van der Waals surface area (Å²) in [5.41, 5.74) is 6.83. The molecule has 0 amide bonds. The first-order valence-electron chi connectivity index (χ1n) is 4.93. The van der Waals surface area contributed by atoms with Crippen LogP contribution < -0.4 is 19.9 Å². The molecule has 1 unspecified atom stereocenters. The largest absolute Gasteiger partial charge is 0.493 e. The molecule has 2 rings (SSSR count). The van der Waals surface area contributed by atoms with E-state index in [0.29, 0.717) is 11.5 Å². The maximum Gasteiger partial charge on any atom is 0.231 e. The topological polar surface area (TPSA) is 53.7 Å². The predicted molar refractivity (Wildman–Crippen MR) is 63.7 cm³/mol. The van der Waals surface area contributed by atoms with E-state index in [-0.39, 0.29) is 25.2 Å². The summed E-state index contributed by atoms with van der Waals surface area (Å²) in [6.07, 6.45) is 0.773. The molecular weight excluding hydrogens is 230 g/mol. The molecule has 0 saturated carbocycles. The third-order valence-electron chi connectivity index (χ3n) is 2.33. The van der Waals surface area contributed by atoms with Crippen molar-refractivity contribution in [3.8, 4) is 17.2 Å². The average Bonchev–Trinajstić information content (AvgIpc) is 2.66. The molecule has 4 nitrogen and oxygen atoms in total. The number of ether oxygens (including phenoxy) is 3. The second-order valence-electron chi connectivity index (χ2n) is 3.67.